The van der Waals surface area contributed by atoms with Gasteiger partial charge in [-0.3, -0.25) is 4.79 Å². The lowest BCUT2D eigenvalue weighted by atomic mass is 10.0. The van der Waals surface area contributed by atoms with Gasteiger partial charge in [0.1, 0.15) is 0 Å². The number of carboxylic acid groups (broad SMARTS) is 1. The third-order valence-electron chi connectivity index (χ3n) is 5.40. The van der Waals surface area contributed by atoms with Gasteiger partial charge in [0.25, 0.3) is 0 Å². The molecular formula is C25H48O2. The van der Waals surface area contributed by atoms with E-state index in [1.54, 1.807) is 0 Å². The number of hydrogen-bond acceptors (Lipinski definition) is 1. The number of hydrogen-bond donors (Lipinski definition) is 1. The minimum absolute atomic E-state index is 0.343. The Morgan fingerprint density at radius 2 is 0.889 bits per heavy atom. The van der Waals surface area contributed by atoms with Gasteiger partial charge in [0.15, 0.2) is 0 Å². The van der Waals surface area contributed by atoms with E-state index in [9.17, 15) is 4.79 Å². The fraction of sp³-hybridized carbons (Fsp3) is 0.880. The number of allylic oxidation sites excluding steroid dienone is 2. The van der Waals surface area contributed by atoms with Crippen molar-refractivity contribution in [2.75, 3.05) is 0 Å². The van der Waals surface area contributed by atoms with Crippen molar-refractivity contribution in [3.63, 3.8) is 0 Å². The minimum Gasteiger partial charge on any atom is -0.481 e. The van der Waals surface area contributed by atoms with Crippen molar-refractivity contribution in [2.24, 2.45) is 0 Å². The average Bonchev–Trinajstić information content (AvgIpc) is 2.65. The van der Waals surface area contributed by atoms with E-state index in [2.05, 4.69) is 19.1 Å². The molecule has 2 nitrogen and oxygen atoms in total. The van der Waals surface area contributed by atoms with E-state index >= 15 is 0 Å². The standard InChI is InChI=1S/C25H48O2/c1-2-3-4-5-6-7-8-9-10-11-12-13-14-15-16-17-18-19-20-21-22-23-24-25(26)27/h8-9H,2-7,10-24H2,1H3,(H,26,27)/b9-8-. The molecule has 27 heavy (non-hydrogen) atoms. The van der Waals surface area contributed by atoms with Crippen LogP contribution in [-0.4, -0.2) is 11.1 Å². The molecule has 0 radical (unpaired) electrons. The Morgan fingerprint density at radius 3 is 1.26 bits per heavy atom. The van der Waals surface area contributed by atoms with Crippen molar-refractivity contribution in [3.05, 3.63) is 12.2 Å². The van der Waals surface area contributed by atoms with Crippen LogP contribution in [0.5, 0.6) is 0 Å². The Hall–Kier alpha value is -0.790. The van der Waals surface area contributed by atoms with Crippen molar-refractivity contribution in [3.8, 4) is 0 Å². The van der Waals surface area contributed by atoms with Gasteiger partial charge in [-0.1, -0.05) is 115 Å². The molecule has 0 spiro atoms. The Balaban J connectivity index is 3.05. The SMILES string of the molecule is CCCCCCC/C=C\CCCCCCCCCCCCCCCC(=O)O. The fourth-order valence-corrected chi connectivity index (χ4v) is 3.58. The third kappa shape index (κ3) is 25.2. The summed E-state index contributed by atoms with van der Waals surface area (Å²) in [7, 11) is 0. The molecule has 0 saturated heterocycles. The maximum Gasteiger partial charge on any atom is 0.303 e. The summed E-state index contributed by atoms with van der Waals surface area (Å²) in [6.07, 6.45) is 31.6. The zero-order chi connectivity index (χ0) is 19.8. The van der Waals surface area contributed by atoms with Crippen LogP contribution < -0.4 is 0 Å². The normalized spacial score (nSPS) is 11.4. The summed E-state index contributed by atoms with van der Waals surface area (Å²) in [5.41, 5.74) is 0. The molecule has 0 aliphatic carbocycles. The van der Waals surface area contributed by atoms with Crippen LogP contribution in [-0.2, 0) is 4.79 Å². The second kappa shape index (κ2) is 23.2. The fourth-order valence-electron chi connectivity index (χ4n) is 3.58. The zero-order valence-electron chi connectivity index (χ0n) is 18.4. The Morgan fingerprint density at radius 1 is 0.556 bits per heavy atom. The molecule has 0 aromatic carbocycles. The lowest BCUT2D eigenvalue weighted by molar-refractivity contribution is -0.137. The van der Waals surface area contributed by atoms with Gasteiger partial charge >= 0.3 is 5.97 Å². The van der Waals surface area contributed by atoms with Gasteiger partial charge in [0.05, 0.1) is 0 Å². The second-order valence-corrected chi connectivity index (χ2v) is 8.20. The molecule has 0 bridgehead atoms. The number of rotatable bonds is 22. The van der Waals surface area contributed by atoms with Crippen LogP contribution in [0.4, 0.5) is 0 Å². The van der Waals surface area contributed by atoms with Crippen molar-refractivity contribution >= 4 is 5.97 Å². The molecule has 0 aliphatic rings. The summed E-state index contributed by atoms with van der Waals surface area (Å²) in [6.45, 7) is 2.28. The zero-order valence-corrected chi connectivity index (χ0v) is 18.4. The molecule has 0 fully saturated rings. The van der Waals surface area contributed by atoms with Gasteiger partial charge in [0, 0.05) is 6.42 Å². The van der Waals surface area contributed by atoms with E-state index in [1.165, 1.54) is 116 Å². The molecule has 2 heteroatoms. The van der Waals surface area contributed by atoms with E-state index in [0.717, 1.165) is 12.8 Å². The minimum atomic E-state index is -0.653. The van der Waals surface area contributed by atoms with Gasteiger partial charge in [-0.05, 0) is 32.1 Å². The van der Waals surface area contributed by atoms with Crippen molar-refractivity contribution < 1.29 is 9.90 Å². The summed E-state index contributed by atoms with van der Waals surface area (Å²) in [5.74, 6) is -0.653. The van der Waals surface area contributed by atoms with E-state index in [4.69, 9.17) is 5.11 Å². The summed E-state index contributed by atoms with van der Waals surface area (Å²) < 4.78 is 0. The lowest BCUT2D eigenvalue weighted by Crippen LogP contribution is -1.93. The number of carbonyl (C=O) groups is 1. The largest absolute Gasteiger partial charge is 0.481 e. The molecule has 0 amide bonds. The maximum atomic E-state index is 10.4. The molecule has 0 aliphatic heterocycles. The predicted octanol–water partition coefficient (Wildman–Crippen LogP) is 8.84. The van der Waals surface area contributed by atoms with Crippen LogP contribution in [0.15, 0.2) is 12.2 Å². The van der Waals surface area contributed by atoms with Crippen LogP contribution >= 0.6 is 0 Å². The van der Waals surface area contributed by atoms with Crippen LogP contribution in [0.3, 0.4) is 0 Å². The maximum absolute atomic E-state index is 10.4. The van der Waals surface area contributed by atoms with Crippen LogP contribution in [0.25, 0.3) is 0 Å². The van der Waals surface area contributed by atoms with E-state index < -0.39 is 5.97 Å². The molecule has 0 atom stereocenters. The Labute approximate surface area is 170 Å². The average molecular weight is 381 g/mol. The first-order valence-electron chi connectivity index (χ1n) is 12.1. The van der Waals surface area contributed by atoms with E-state index in [1.807, 2.05) is 0 Å². The van der Waals surface area contributed by atoms with Gasteiger partial charge in [-0.25, -0.2) is 0 Å². The monoisotopic (exact) mass is 380 g/mol. The summed E-state index contributed by atoms with van der Waals surface area (Å²) in [4.78, 5) is 10.4. The van der Waals surface area contributed by atoms with E-state index in [0.29, 0.717) is 6.42 Å². The molecule has 0 aromatic rings. The first-order valence-corrected chi connectivity index (χ1v) is 12.1. The van der Waals surface area contributed by atoms with Gasteiger partial charge in [0.2, 0.25) is 0 Å². The molecular weight excluding hydrogens is 332 g/mol. The summed E-state index contributed by atoms with van der Waals surface area (Å²) in [5, 5.41) is 8.58. The van der Waals surface area contributed by atoms with Crippen LogP contribution in [0.2, 0.25) is 0 Å². The second-order valence-electron chi connectivity index (χ2n) is 8.20. The number of aliphatic carboxylic acids is 1. The Bertz CT molecular complexity index is 322. The number of unbranched alkanes of at least 4 members (excludes halogenated alkanes) is 18. The smallest absolute Gasteiger partial charge is 0.303 e. The Kier molecular flexibility index (Phi) is 22.6. The highest BCUT2D eigenvalue weighted by molar-refractivity contribution is 5.66. The summed E-state index contributed by atoms with van der Waals surface area (Å²) in [6, 6.07) is 0. The van der Waals surface area contributed by atoms with Crippen molar-refractivity contribution in [1.82, 2.24) is 0 Å². The quantitative estimate of drug-likeness (QED) is 0.150. The molecule has 1 N–H and O–H groups in total. The lowest BCUT2D eigenvalue weighted by Gasteiger charge is -2.03. The van der Waals surface area contributed by atoms with E-state index in [-0.39, 0.29) is 0 Å². The van der Waals surface area contributed by atoms with Crippen molar-refractivity contribution in [1.29, 1.82) is 0 Å². The molecule has 0 heterocycles. The summed E-state index contributed by atoms with van der Waals surface area (Å²) >= 11 is 0. The molecule has 0 saturated carbocycles. The molecule has 0 unspecified atom stereocenters. The first kappa shape index (κ1) is 26.2. The molecule has 160 valence electrons. The van der Waals surface area contributed by atoms with Gasteiger partial charge in [-0.15, -0.1) is 0 Å². The molecule has 0 rings (SSSR count). The van der Waals surface area contributed by atoms with Crippen LogP contribution in [0.1, 0.15) is 142 Å². The highest BCUT2D eigenvalue weighted by atomic mass is 16.4. The third-order valence-corrected chi connectivity index (χ3v) is 5.40. The topological polar surface area (TPSA) is 37.3 Å². The highest BCUT2D eigenvalue weighted by Gasteiger charge is 1.97. The van der Waals surface area contributed by atoms with Gasteiger partial charge < -0.3 is 5.11 Å². The first-order chi connectivity index (χ1) is 13.3. The van der Waals surface area contributed by atoms with Crippen molar-refractivity contribution in [2.45, 2.75) is 142 Å². The predicted molar refractivity (Wildman–Crippen MR) is 119 cm³/mol. The van der Waals surface area contributed by atoms with Crippen LogP contribution in [0, 0.1) is 0 Å². The van der Waals surface area contributed by atoms with Gasteiger partial charge in [-0.2, -0.15) is 0 Å². The highest BCUT2D eigenvalue weighted by Crippen LogP contribution is 2.13. The number of carboxylic acids is 1. The molecule has 0 aromatic heterocycles.